The fourth-order valence-corrected chi connectivity index (χ4v) is 2.93. The van der Waals surface area contributed by atoms with Gasteiger partial charge in [0.25, 0.3) is 0 Å². The van der Waals surface area contributed by atoms with Crippen molar-refractivity contribution in [2.24, 2.45) is 5.92 Å². The van der Waals surface area contributed by atoms with Gasteiger partial charge in [-0.15, -0.1) is 0 Å². The van der Waals surface area contributed by atoms with Crippen LogP contribution in [0.3, 0.4) is 0 Å². The molecule has 0 aliphatic carbocycles. The van der Waals surface area contributed by atoms with E-state index in [-0.39, 0.29) is 17.6 Å². The van der Waals surface area contributed by atoms with Crippen LogP contribution in [0.2, 0.25) is 0 Å². The van der Waals surface area contributed by atoms with Crippen LogP contribution in [-0.2, 0) is 4.79 Å². The second-order valence-electron chi connectivity index (χ2n) is 6.23. The number of rotatable bonds is 4. The number of nitrogens with zero attached hydrogens (tertiary/aromatic N) is 3. The first-order chi connectivity index (χ1) is 12.7. The highest BCUT2D eigenvalue weighted by molar-refractivity contribution is 5.94. The van der Waals surface area contributed by atoms with Crippen molar-refractivity contribution in [3.63, 3.8) is 0 Å². The summed E-state index contributed by atoms with van der Waals surface area (Å²) in [6.45, 7) is 1.15. The van der Waals surface area contributed by atoms with Gasteiger partial charge in [-0.25, -0.2) is 14.4 Å². The summed E-state index contributed by atoms with van der Waals surface area (Å²) in [6.07, 6.45) is 1.54. The van der Waals surface area contributed by atoms with Gasteiger partial charge in [0.2, 0.25) is 5.91 Å². The summed E-state index contributed by atoms with van der Waals surface area (Å²) in [5.74, 6) is 0.179. The highest BCUT2D eigenvalue weighted by Gasteiger charge is 2.33. The van der Waals surface area contributed by atoms with Gasteiger partial charge in [0.1, 0.15) is 18.0 Å². The van der Waals surface area contributed by atoms with E-state index >= 15 is 0 Å². The van der Waals surface area contributed by atoms with E-state index in [9.17, 15) is 9.18 Å². The molecule has 130 valence electrons. The molecule has 1 amide bonds. The summed E-state index contributed by atoms with van der Waals surface area (Å²) < 4.78 is 13.2. The third-order valence-corrected chi connectivity index (χ3v) is 4.39. The van der Waals surface area contributed by atoms with Crippen molar-refractivity contribution < 1.29 is 9.18 Å². The van der Waals surface area contributed by atoms with Crippen molar-refractivity contribution in [2.75, 3.05) is 23.3 Å². The SMILES string of the molecule is O=C(Nc1cccc(F)c1)C1CN(c2cc(-c3ccccc3)ncn2)C1. The number of amides is 1. The molecular weight excluding hydrogens is 331 g/mol. The topological polar surface area (TPSA) is 58.1 Å². The van der Waals surface area contributed by atoms with Crippen LogP contribution in [0.25, 0.3) is 11.3 Å². The first-order valence-electron chi connectivity index (χ1n) is 8.38. The van der Waals surface area contributed by atoms with Gasteiger partial charge < -0.3 is 10.2 Å². The average molecular weight is 348 g/mol. The van der Waals surface area contributed by atoms with Gasteiger partial charge >= 0.3 is 0 Å². The number of hydrogen-bond acceptors (Lipinski definition) is 4. The molecular formula is C20H17FN4O. The Labute approximate surface area is 150 Å². The van der Waals surface area contributed by atoms with Crippen LogP contribution in [0.15, 0.2) is 67.0 Å². The summed E-state index contributed by atoms with van der Waals surface area (Å²) >= 11 is 0. The smallest absolute Gasteiger partial charge is 0.231 e. The van der Waals surface area contributed by atoms with Crippen LogP contribution >= 0.6 is 0 Å². The van der Waals surface area contributed by atoms with Crippen molar-refractivity contribution in [1.29, 1.82) is 0 Å². The molecule has 1 aliphatic heterocycles. The molecule has 0 radical (unpaired) electrons. The molecule has 0 saturated carbocycles. The van der Waals surface area contributed by atoms with Crippen molar-refractivity contribution in [1.82, 2.24) is 9.97 Å². The molecule has 4 rings (SSSR count). The van der Waals surface area contributed by atoms with Gasteiger partial charge in [0.15, 0.2) is 0 Å². The lowest BCUT2D eigenvalue weighted by Gasteiger charge is -2.39. The molecule has 5 nitrogen and oxygen atoms in total. The molecule has 3 aromatic rings. The van der Waals surface area contributed by atoms with E-state index in [0.29, 0.717) is 18.8 Å². The Morgan fingerprint density at radius 3 is 2.62 bits per heavy atom. The number of hydrogen-bond donors (Lipinski definition) is 1. The molecule has 0 spiro atoms. The molecule has 6 heteroatoms. The summed E-state index contributed by atoms with van der Waals surface area (Å²) in [4.78, 5) is 22.9. The Morgan fingerprint density at radius 1 is 1.04 bits per heavy atom. The maximum absolute atomic E-state index is 13.2. The summed E-state index contributed by atoms with van der Waals surface area (Å²) in [5, 5.41) is 2.76. The lowest BCUT2D eigenvalue weighted by atomic mass is 9.99. The second kappa shape index (κ2) is 6.92. The second-order valence-corrected chi connectivity index (χ2v) is 6.23. The van der Waals surface area contributed by atoms with Crippen LogP contribution in [0.4, 0.5) is 15.9 Å². The monoisotopic (exact) mass is 348 g/mol. The number of carbonyl (C=O) groups is 1. The lowest BCUT2D eigenvalue weighted by molar-refractivity contribution is -0.120. The Balaban J connectivity index is 1.39. The fourth-order valence-electron chi connectivity index (χ4n) is 2.93. The zero-order valence-electron chi connectivity index (χ0n) is 14.0. The molecule has 26 heavy (non-hydrogen) atoms. The van der Waals surface area contributed by atoms with Crippen LogP contribution < -0.4 is 10.2 Å². The van der Waals surface area contributed by atoms with E-state index in [1.807, 2.05) is 41.3 Å². The Bertz CT molecular complexity index is 926. The molecule has 1 fully saturated rings. The molecule has 2 aromatic carbocycles. The van der Waals surface area contributed by atoms with Crippen LogP contribution in [-0.4, -0.2) is 29.0 Å². The Hall–Kier alpha value is -3.28. The van der Waals surface area contributed by atoms with Gasteiger partial charge in [0, 0.05) is 30.4 Å². The first-order valence-corrected chi connectivity index (χ1v) is 8.38. The third-order valence-electron chi connectivity index (χ3n) is 4.39. The van der Waals surface area contributed by atoms with E-state index in [1.54, 1.807) is 12.1 Å². The predicted octanol–water partition coefficient (Wildman–Crippen LogP) is 3.36. The van der Waals surface area contributed by atoms with Gasteiger partial charge in [-0.05, 0) is 18.2 Å². The maximum Gasteiger partial charge on any atom is 0.231 e. The fraction of sp³-hybridized carbons (Fsp3) is 0.150. The first kappa shape index (κ1) is 16.2. The number of nitrogens with one attached hydrogen (secondary N) is 1. The zero-order chi connectivity index (χ0) is 17.9. The standard InChI is InChI=1S/C20H17FN4O/c21-16-7-4-8-17(9-16)24-20(26)15-11-25(12-15)19-10-18(22-13-23-19)14-5-2-1-3-6-14/h1-10,13,15H,11-12H2,(H,24,26). The van der Waals surface area contributed by atoms with Gasteiger partial charge in [-0.2, -0.15) is 0 Å². The minimum absolute atomic E-state index is 0.107. The van der Waals surface area contributed by atoms with Gasteiger partial charge in [0.05, 0.1) is 11.6 Å². The van der Waals surface area contributed by atoms with Crippen LogP contribution in [0, 0.1) is 11.7 Å². The van der Waals surface area contributed by atoms with E-state index in [4.69, 9.17) is 0 Å². The van der Waals surface area contributed by atoms with E-state index < -0.39 is 0 Å². The molecule has 1 aliphatic rings. The predicted molar refractivity (Wildman–Crippen MR) is 98.2 cm³/mol. The molecule has 1 N–H and O–H groups in total. The highest BCUT2D eigenvalue weighted by atomic mass is 19.1. The number of halogens is 1. The highest BCUT2D eigenvalue weighted by Crippen LogP contribution is 2.26. The Kier molecular flexibility index (Phi) is 4.31. The lowest BCUT2D eigenvalue weighted by Crippen LogP contribution is -2.52. The van der Waals surface area contributed by atoms with Gasteiger partial charge in [-0.3, -0.25) is 4.79 Å². The minimum atomic E-state index is -0.368. The number of carbonyl (C=O) groups excluding carboxylic acids is 1. The summed E-state index contributed by atoms with van der Waals surface area (Å²) in [6, 6.07) is 17.7. The minimum Gasteiger partial charge on any atom is -0.355 e. The quantitative estimate of drug-likeness (QED) is 0.785. The van der Waals surface area contributed by atoms with E-state index in [2.05, 4.69) is 15.3 Å². The molecule has 2 heterocycles. The summed E-state index contributed by atoms with van der Waals surface area (Å²) in [7, 11) is 0. The molecule has 0 atom stereocenters. The summed E-state index contributed by atoms with van der Waals surface area (Å²) in [5.41, 5.74) is 2.35. The molecule has 0 unspecified atom stereocenters. The number of anilines is 2. The van der Waals surface area contributed by atoms with Gasteiger partial charge in [-0.1, -0.05) is 36.4 Å². The van der Waals surface area contributed by atoms with Crippen molar-refractivity contribution in [3.8, 4) is 11.3 Å². The third kappa shape index (κ3) is 3.39. The Morgan fingerprint density at radius 2 is 1.85 bits per heavy atom. The molecule has 1 saturated heterocycles. The largest absolute Gasteiger partial charge is 0.355 e. The van der Waals surface area contributed by atoms with Crippen molar-refractivity contribution in [3.05, 3.63) is 72.8 Å². The maximum atomic E-state index is 13.2. The van der Waals surface area contributed by atoms with E-state index in [0.717, 1.165) is 17.1 Å². The van der Waals surface area contributed by atoms with Crippen LogP contribution in [0.5, 0.6) is 0 Å². The van der Waals surface area contributed by atoms with Crippen molar-refractivity contribution >= 4 is 17.4 Å². The van der Waals surface area contributed by atoms with E-state index in [1.165, 1.54) is 18.5 Å². The van der Waals surface area contributed by atoms with Crippen molar-refractivity contribution in [2.45, 2.75) is 0 Å². The number of benzene rings is 2. The zero-order valence-corrected chi connectivity index (χ0v) is 14.0. The van der Waals surface area contributed by atoms with Crippen LogP contribution in [0.1, 0.15) is 0 Å². The number of aromatic nitrogens is 2. The molecule has 0 bridgehead atoms. The molecule has 1 aromatic heterocycles. The average Bonchev–Trinajstić information content (AvgIpc) is 2.61. The normalized spacial score (nSPS) is 14.0.